The summed E-state index contributed by atoms with van der Waals surface area (Å²) in [6.07, 6.45) is 1.53. The molecule has 0 fully saturated rings. The maximum Gasteiger partial charge on any atom is 0.263 e. The summed E-state index contributed by atoms with van der Waals surface area (Å²) in [6.45, 7) is 0.162. The Kier molecular flexibility index (Phi) is 4.64. The number of rotatable bonds is 5. The van der Waals surface area contributed by atoms with Crippen LogP contribution in [0, 0.1) is 0 Å². The smallest absolute Gasteiger partial charge is 0.263 e. The van der Waals surface area contributed by atoms with Gasteiger partial charge in [0.1, 0.15) is 10.6 Å². The van der Waals surface area contributed by atoms with Crippen LogP contribution in [0.4, 0.5) is 0 Å². The highest BCUT2D eigenvalue weighted by molar-refractivity contribution is 7.21. The average Bonchev–Trinajstić information content (AvgIpc) is 3.19. The van der Waals surface area contributed by atoms with Crippen LogP contribution in [0.25, 0.3) is 10.1 Å². The van der Waals surface area contributed by atoms with Crippen molar-refractivity contribution in [2.75, 3.05) is 6.54 Å². The Balaban J connectivity index is 1.58. The number of nitrogens with one attached hydrogen (secondary N) is 2. The van der Waals surface area contributed by atoms with Gasteiger partial charge in [-0.1, -0.05) is 29.8 Å². The second-order valence-corrected chi connectivity index (χ2v) is 6.21. The molecule has 0 radical (unpaired) electrons. The van der Waals surface area contributed by atoms with E-state index in [0.29, 0.717) is 15.7 Å². The first-order chi connectivity index (χ1) is 11.1. The minimum Gasteiger partial charge on any atom is -0.467 e. The summed E-state index contributed by atoms with van der Waals surface area (Å²) >= 11 is 7.54. The fourth-order valence-corrected chi connectivity index (χ4v) is 3.50. The highest BCUT2D eigenvalue weighted by atomic mass is 35.5. The lowest BCUT2D eigenvalue weighted by atomic mass is 10.2. The van der Waals surface area contributed by atoms with Crippen LogP contribution in [-0.2, 0) is 11.3 Å². The quantitative estimate of drug-likeness (QED) is 0.743. The van der Waals surface area contributed by atoms with Crippen molar-refractivity contribution < 1.29 is 14.0 Å². The number of amides is 2. The van der Waals surface area contributed by atoms with E-state index in [1.165, 1.54) is 17.6 Å². The Labute approximate surface area is 141 Å². The van der Waals surface area contributed by atoms with Gasteiger partial charge in [0, 0.05) is 10.1 Å². The maximum absolute atomic E-state index is 12.2. The molecule has 3 aromatic rings. The van der Waals surface area contributed by atoms with Gasteiger partial charge in [0.15, 0.2) is 0 Å². The van der Waals surface area contributed by atoms with E-state index < -0.39 is 0 Å². The third kappa shape index (κ3) is 3.55. The van der Waals surface area contributed by atoms with Crippen molar-refractivity contribution in [2.45, 2.75) is 6.54 Å². The second kappa shape index (κ2) is 6.85. The number of hydrogen-bond donors (Lipinski definition) is 2. The number of furan rings is 1. The molecule has 0 aliphatic carbocycles. The van der Waals surface area contributed by atoms with Gasteiger partial charge in [0.25, 0.3) is 5.91 Å². The third-order valence-electron chi connectivity index (χ3n) is 3.19. The summed E-state index contributed by atoms with van der Waals surface area (Å²) in [7, 11) is 0. The lowest BCUT2D eigenvalue weighted by Crippen LogP contribution is -2.36. The Morgan fingerprint density at radius 1 is 1.13 bits per heavy atom. The highest BCUT2D eigenvalue weighted by Gasteiger charge is 2.17. The highest BCUT2D eigenvalue weighted by Crippen LogP contribution is 2.34. The lowest BCUT2D eigenvalue weighted by Gasteiger charge is -2.05. The van der Waals surface area contributed by atoms with Crippen molar-refractivity contribution in [1.82, 2.24) is 10.6 Å². The van der Waals surface area contributed by atoms with Crippen molar-refractivity contribution in [3.8, 4) is 0 Å². The van der Waals surface area contributed by atoms with Gasteiger partial charge < -0.3 is 15.1 Å². The minimum atomic E-state index is -0.357. The molecule has 1 aromatic carbocycles. The summed E-state index contributed by atoms with van der Waals surface area (Å²) in [5.41, 5.74) is 0. The zero-order valence-corrected chi connectivity index (χ0v) is 13.5. The van der Waals surface area contributed by atoms with Crippen molar-refractivity contribution in [2.24, 2.45) is 0 Å². The Hall–Kier alpha value is -2.31. The Morgan fingerprint density at radius 3 is 2.70 bits per heavy atom. The molecule has 2 aromatic heterocycles. The van der Waals surface area contributed by atoms with E-state index >= 15 is 0 Å². The van der Waals surface area contributed by atoms with E-state index in [-0.39, 0.29) is 24.9 Å². The molecule has 23 heavy (non-hydrogen) atoms. The van der Waals surface area contributed by atoms with Crippen molar-refractivity contribution in [3.63, 3.8) is 0 Å². The summed E-state index contributed by atoms with van der Waals surface area (Å²) in [5.74, 6) is -0.00596. The van der Waals surface area contributed by atoms with Crippen LogP contribution in [0.1, 0.15) is 15.4 Å². The molecule has 2 N–H and O–H groups in total. The van der Waals surface area contributed by atoms with E-state index in [1.807, 2.05) is 24.3 Å². The van der Waals surface area contributed by atoms with Crippen molar-refractivity contribution in [3.05, 3.63) is 58.3 Å². The molecule has 5 nitrogen and oxygen atoms in total. The summed E-state index contributed by atoms with van der Waals surface area (Å²) in [6, 6.07) is 11.0. The summed E-state index contributed by atoms with van der Waals surface area (Å²) < 4.78 is 6.05. The van der Waals surface area contributed by atoms with Gasteiger partial charge in [0.05, 0.1) is 24.4 Å². The van der Waals surface area contributed by atoms with Gasteiger partial charge in [-0.05, 0) is 18.2 Å². The SMILES string of the molecule is O=C(CNC(=O)c1sc2ccccc2c1Cl)NCc1ccco1. The van der Waals surface area contributed by atoms with Crippen LogP contribution >= 0.6 is 22.9 Å². The van der Waals surface area contributed by atoms with E-state index in [9.17, 15) is 9.59 Å². The van der Waals surface area contributed by atoms with Gasteiger partial charge in [-0.3, -0.25) is 9.59 Å². The molecule has 0 saturated heterocycles. The van der Waals surface area contributed by atoms with E-state index in [2.05, 4.69) is 10.6 Å². The second-order valence-electron chi connectivity index (χ2n) is 4.78. The standard InChI is InChI=1S/C16H13ClN2O3S/c17-14-11-5-1-2-6-12(11)23-15(14)16(21)19-9-13(20)18-8-10-4-3-7-22-10/h1-7H,8-9H2,(H,18,20)(H,19,21). The fraction of sp³-hybridized carbons (Fsp3) is 0.125. The average molecular weight is 349 g/mol. The first-order valence-corrected chi connectivity index (χ1v) is 8.09. The molecular formula is C16H13ClN2O3S. The molecular weight excluding hydrogens is 336 g/mol. The molecule has 0 bridgehead atoms. The number of carbonyl (C=O) groups excluding carboxylic acids is 2. The van der Waals surface area contributed by atoms with Crippen LogP contribution in [0.15, 0.2) is 47.1 Å². The van der Waals surface area contributed by atoms with E-state index in [0.717, 1.165) is 10.1 Å². The van der Waals surface area contributed by atoms with Crippen LogP contribution in [0.2, 0.25) is 5.02 Å². The normalized spacial score (nSPS) is 10.7. The summed E-state index contributed by atoms with van der Waals surface area (Å²) in [4.78, 5) is 24.3. The van der Waals surface area contributed by atoms with E-state index in [4.69, 9.17) is 16.0 Å². The van der Waals surface area contributed by atoms with Crippen molar-refractivity contribution >= 4 is 44.8 Å². The number of fused-ring (bicyclic) bond motifs is 1. The number of carbonyl (C=O) groups is 2. The first kappa shape index (κ1) is 15.6. The largest absolute Gasteiger partial charge is 0.467 e. The Bertz CT molecular complexity index is 842. The molecule has 2 amide bonds. The van der Waals surface area contributed by atoms with Gasteiger partial charge in [-0.25, -0.2) is 0 Å². The molecule has 7 heteroatoms. The molecule has 0 atom stereocenters. The zero-order valence-electron chi connectivity index (χ0n) is 12.0. The lowest BCUT2D eigenvalue weighted by molar-refractivity contribution is -0.120. The summed E-state index contributed by atoms with van der Waals surface area (Å²) in [5, 5.41) is 6.49. The molecule has 118 valence electrons. The topological polar surface area (TPSA) is 71.3 Å². The molecule has 0 unspecified atom stereocenters. The van der Waals surface area contributed by atoms with Gasteiger partial charge in [0.2, 0.25) is 5.91 Å². The van der Waals surface area contributed by atoms with Gasteiger partial charge >= 0.3 is 0 Å². The number of hydrogen-bond acceptors (Lipinski definition) is 4. The number of halogens is 1. The molecule has 3 rings (SSSR count). The molecule has 0 spiro atoms. The van der Waals surface area contributed by atoms with Gasteiger partial charge in [-0.2, -0.15) is 0 Å². The fourth-order valence-electron chi connectivity index (χ4n) is 2.06. The van der Waals surface area contributed by atoms with Crippen LogP contribution in [0.5, 0.6) is 0 Å². The maximum atomic E-state index is 12.2. The number of benzene rings is 1. The first-order valence-electron chi connectivity index (χ1n) is 6.89. The molecule has 2 heterocycles. The van der Waals surface area contributed by atoms with Crippen LogP contribution in [0.3, 0.4) is 0 Å². The van der Waals surface area contributed by atoms with Crippen LogP contribution < -0.4 is 10.6 Å². The van der Waals surface area contributed by atoms with Crippen molar-refractivity contribution in [1.29, 1.82) is 0 Å². The van der Waals surface area contributed by atoms with Crippen LogP contribution in [-0.4, -0.2) is 18.4 Å². The molecule has 0 aliphatic heterocycles. The Morgan fingerprint density at radius 2 is 1.96 bits per heavy atom. The van der Waals surface area contributed by atoms with Gasteiger partial charge in [-0.15, -0.1) is 11.3 Å². The zero-order chi connectivity index (χ0) is 16.2. The monoisotopic (exact) mass is 348 g/mol. The predicted octanol–water partition coefficient (Wildman–Crippen LogP) is 3.19. The van der Waals surface area contributed by atoms with E-state index in [1.54, 1.807) is 12.1 Å². The predicted molar refractivity (Wildman–Crippen MR) is 89.7 cm³/mol. The minimum absolute atomic E-state index is 0.121. The number of thiophene rings is 1. The molecule has 0 aliphatic rings. The third-order valence-corrected chi connectivity index (χ3v) is 4.86. The molecule has 0 saturated carbocycles.